The summed E-state index contributed by atoms with van der Waals surface area (Å²) in [6.45, 7) is 11.8. The number of hydrogen-bond acceptors (Lipinski definition) is 4. The number of rotatable bonds is 6. The van der Waals surface area contributed by atoms with E-state index in [1.54, 1.807) is 0 Å². The Morgan fingerprint density at radius 3 is 2.29 bits per heavy atom. The van der Waals surface area contributed by atoms with Crippen LogP contribution < -0.4 is 10.1 Å². The molecule has 0 bridgehead atoms. The zero-order chi connectivity index (χ0) is 17.6. The average Bonchev–Trinajstić information content (AvgIpc) is 2.49. The van der Waals surface area contributed by atoms with Gasteiger partial charge < -0.3 is 10.1 Å². The number of hydrogen-bond donors (Lipinski definition) is 1. The van der Waals surface area contributed by atoms with Crippen molar-refractivity contribution in [3.8, 4) is 5.75 Å². The van der Waals surface area contributed by atoms with Gasteiger partial charge in [-0.05, 0) is 45.0 Å². The maximum absolute atomic E-state index is 12.0. The van der Waals surface area contributed by atoms with Crippen molar-refractivity contribution in [3.63, 3.8) is 0 Å². The van der Waals surface area contributed by atoms with E-state index in [2.05, 4.69) is 15.1 Å². The Bertz CT molecular complexity index is 520. The van der Waals surface area contributed by atoms with Gasteiger partial charge in [0.1, 0.15) is 12.4 Å². The van der Waals surface area contributed by atoms with Crippen LogP contribution in [0.3, 0.4) is 0 Å². The molecule has 6 heteroatoms. The minimum atomic E-state index is -0.169. The zero-order valence-corrected chi connectivity index (χ0v) is 15.6. The molecule has 134 valence electrons. The number of nitrogens with one attached hydrogen (secondary N) is 1. The molecular formula is C18H28ClN3O2. The number of carbonyl (C=O) groups is 1. The second-order valence-corrected chi connectivity index (χ2v) is 7.65. The molecule has 0 aromatic heterocycles. The molecule has 0 saturated carbocycles. The van der Waals surface area contributed by atoms with Crippen LogP contribution >= 0.6 is 11.6 Å². The summed E-state index contributed by atoms with van der Waals surface area (Å²) in [5, 5.41) is 3.73. The van der Waals surface area contributed by atoms with E-state index in [0.29, 0.717) is 18.2 Å². The van der Waals surface area contributed by atoms with E-state index in [9.17, 15) is 4.79 Å². The van der Waals surface area contributed by atoms with Gasteiger partial charge in [0, 0.05) is 43.3 Å². The van der Waals surface area contributed by atoms with E-state index in [0.717, 1.165) is 38.5 Å². The summed E-state index contributed by atoms with van der Waals surface area (Å²) in [5.41, 5.74) is -0.169. The van der Waals surface area contributed by atoms with Gasteiger partial charge in [-0.3, -0.25) is 14.6 Å². The molecule has 1 fully saturated rings. The highest BCUT2D eigenvalue weighted by molar-refractivity contribution is 6.30. The van der Waals surface area contributed by atoms with Gasteiger partial charge >= 0.3 is 0 Å². The fraction of sp³-hybridized carbons (Fsp3) is 0.611. The normalized spacial score (nSPS) is 16.8. The number of nitrogens with zero attached hydrogens (tertiary/aromatic N) is 2. The first kappa shape index (κ1) is 19.0. The molecule has 5 nitrogen and oxygen atoms in total. The molecule has 0 spiro atoms. The van der Waals surface area contributed by atoms with Crippen LogP contribution in [0, 0.1) is 0 Å². The molecule has 1 aliphatic heterocycles. The Kier molecular flexibility index (Phi) is 6.90. The number of amides is 1. The van der Waals surface area contributed by atoms with Gasteiger partial charge in [-0.25, -0.2) is 0 Å². The fourth-order valence-corrected chi connectivity index (χ4v) is 2.78. The standard InChI is InChI=1S/C18H28ClN3O2/c1-18(2,3)20-17(23)14-22-10-8-21(9-11-22)12-13-24-16-6-4-15(19)5-7-16/h4-7H,8-14H2,1-3H3,(H,20,23). The van der Waals surface area contributed by atoms with Crippen molar-refractivity contribution in [2.24, 2.45) is 0 Å². The van der Waals surface area contributed by atoms with Crippen LogP contribution in [0.5, 0.6) is 5.75 Å². The largest absolute Gasteiger partial charge is 0.492 e. The van der Waals surface area contributed by atoms with Gasteiger partial charge in [0.25, 0.3) is 0 Å². The Morgan fingerprint density at radius 1 is 1.12 bits per heavy atom. The third-order valence-electron chi connectivity index (χ3n) is 3.84. The Hall–Kier alpha value is -1.30. The first-order valence-corrected chi connectivity index (χ1v) is 8.84. The van der Waals surface area contributed by atoms with Crippen molar-refractivity contribution < 1.29 is 9.53 Å². The highest BCUT2D eigenvalue weighted by Gasteiger charge is 2.20. The fourth-order valence-electron chi connectivity index (χ4n) is 2.66. The van der Waals surface area contributed by atoms with Gasteiger partial charge in [-0.1, -0.05) is 11.6 Å². The van der Waals surface area contributed by atoms with Crippen molar-refractivity contribution in [1.82, 2.24) is 15.1 Å². The Balaban J connectivity index is 1.62. The molecule has 1 amide bonds. The molecule has 0 aliphatic carbocycles. The van der Waals surface area contributed by atoms with Crippen LogP contribution in [0.4, 0.5) is 0 Å². The number of piperazine rings is 1. The molecule has 2 rings (SSSR count). The maximum atomic E-state index is 12.0. The van der Waals surface area contributed by atoms with E-state index in [1.807, 2.05) is 45.0 Å². The molecule has 24 heavy (non-hydrogen) atoms. The van der Waals surface area contributed by atoms with Gasteiger partial charge in [0.05, 0.1) is 6.54 Å². The van der Waals surface area contributed by atoms with E-state index in [4.69, 9.17) is 16.3 Å². The summed E-state index contributed by atoms with van der Waals surface area (Å²) in [4.78, 5) is 16.5. The number of halogens is 1. The summed E-state index contributed by atoms with van der Waals surface area (Å²) in [5.74, 6) is 0.943. The summed E-state index contributed by atoms with van der Waals surface area (Å²) >= 11 is 5.86. The van der Waals surface area contributed by atoms with Gasteiger partial charge in [0.15, 0.2) is 0 Å². The molecule has 0 radical (unpaired) electrons. The monoisotopic (exact) mass is 353 g/mol. The predicted octanol–water partition coefficient (Wildman–Crippen LogP) is 2.25. The summed E-state index contributed by atoms with van der Waals surface area (Å²) in [6, 6.07) is 7.43. The van der Waals surface area contributed by atoms with E-state index < -0.39 is 0 Å². The third-order valence-corrected chi connectivity index (χ3v) is 4.09. The number of ether oxygens (including phenoxy) is 1. The Labute approximate surface area is 149 Å². The highest BCUT2D eigenvalue weighted by atomic mass is 35.5. The minimum Gasteiger partial charge on any atom is -0.492 e. The van der Waals surface area contributed by atoms with E-state index in [-0.39, 0.29) is 11.4 Å². The topological polar surface area (TPSA) is 44.8 Å². The quantitative estimate of drug-likeness (QED) is 0.852. The second kappa shape index (κ2) is 8.70. The van der Waals surface area contributed by atoms with Crippen molar-refractivity contribution in [2.45, 2.75) is 26.3 Å². The smallest absolute Gasteiger partial charge is 0.234 e. The number of carbonyl (C=O) groups excluding carboxylic acids is 1. The molecule has 1 saturated heterocycles. The molecule has 1 heterocycles. The van der Waals surface area contributed by atoms with Crippen molar-refractivity contribution >= 4 is 17.5 Å². The molecule has 1 aliphatic rings. The van der Waals surface area contributed by atoms with Crippen molar-refractivity contribution in [1.29, 1.82) is 0 Å². The van der Waals surface area contributed by atoms with Crippen molar-refractivity contribution in [2.75, 3.05) is 45.9 Å². The summed E-state index contributed by atoms with van der Waals surface area (Å²) in [6.07, 6.45) is 0. The second-order valence-electron chi connectivity index (χ2n) is 7.22. The minimum absolute atomic E-state index is 0.0991. The van der Waals surface area contributed by atoms with Gasteiger partial charge in [-0.15, -0.1) is 0 Å². The van der Waals surface area contributed by atoms with Crippen LogP contribution in [-0.4, -0.2) is 67.1 Å². The summed E-state index contributed by atoms with van der Waals surface area (Å²) < 4.78 is 5.73. The van der Waals surface area contributed by atoms with Gasteiger partial charge in [0.2, 0.25) is 5.91 Å². The van der Waals surface area contributed by atoms with Crippen LogP contribution in [0.25, 0.3) is 0 Å². The van der Waals surface area contributed by atoms with Gasteiger partial charge in [-0.2, -0.15) is 0 Å². The van der Waals surface area contributed by atoms with Crippen LogP contribution in [0.15, 0.2) is 24.3 Å². The molecule has 1 N–H and O–H groups in total. The van der Waals surface area contributed by atoms with Crippen LogP contribution in [0.2, 0.25) is 5.02 Å². The molecule has 1 aromatic rings. The van der Waals surface area contributed by atoms with Crippen LogP contribution in [-0.2, 0) is 4.79 Å². The molecule has 1 aromatic carbocycles. The third kappa shape index (κ3) is 7.07. The molecule has 0 unspecified atom stereocenters. The average molecular weight is 354 g/mol. The molecule has 0 atom stereocenters. The lowest BCUT2D eigenvalue weighted by atomic mass is 10.1. The zero-order valence-electron chi connectivity index (χ0n) is 14.8. The Morgan fingerprint density at radius 2 is 1.71 bits per heavy atom. The lowest BCUT2D eigenvalue weighted by Gasteiger charge is -2.34. The number of benzene rings is 1. The lowest BCUT2D eigenvalue weighted by Crippen LogP contribution is -2.52. The van der Waals surface area contributed by atoms with Crippen LogP contribution in [0.1, 0.15) is 20.8 Å². The predicted molar refractivity (Wildman–Crippen MR) is 97.7 cm³/mol. The van der Waals surface area contributed by atoms with E-state index >= 15 is 0 Å². The van der Waals surface area contributed by atoms with Crippen molar-refractivity contribution in [3.05, 3.63) is 29.3 Å². The molecular weight excluding hydrogens is 326 g/mol. The maximum Gasteiger partial charge on any atom is 0.234 e. The summed E-state index contributed by atoms with van der Waals surface area (Å²) in [7, 11) is 0. The highest BCUT2D eigenvalue weighted by Crippen LogP contribution is 2.15. The SMILES string of the molecule is CC(C)(C)NC(=O)CN1CCN(CCOc2ccc(Cl)cc2)CC1. The first-order chi connectivity index (χ1) is 11.3. The van der Waals surface area contributed by atoms with E-state index in [1.165, 1.54) is 0 Å². The lowest BCUT2D eigenvalue weighted by molar-refractivity contribution is -0.124. The first-order valence-electron chi connectivity index (χ1n) is 8.46.